The molecule has 1 amide bonds. The number of nitro groups is 1. The molecule has 11 nitrogen and oxygen atoms in total. The minimum absolute atomic E-state index is 0.182. The predicted molar refractivity (Wildman–Crippen MR) is 139 cm³/mol. The summed E-state index contributed by atoms with van der Waals surface area (Å²) in [5.74, 6) is 1.21. The average molecular weight is 520 g/mol. The van der Waals surface area contributed by atoms with Gasteiger partial charge in [0.15, 0.2) is 0 Å². The Kier molecular flexibility index (Phi) is 7.75. The van der Waals surface area contributed by atoms with E-state index in [1.807, 2.05) is 25.1 Å². The van der Waals surface area contributed by atoms with E-state index in [0.717, 1.165) is 17.0 Å². The summed E-state index contributed by atoms with van der Waals surface area (Å²) < 4.78 is 17.3. The van der Waals surface area contributed by atoms with Crippen LogP contribution in [0.4, 0.5) is 17.3 Å². The van der Waals surface area contributed by atoms with Crippen molar-refractivity contribution in [1.29, 1.82) is 0 Å². The van der Waals surface area contributed by atoms with Crippen LogP contribution in [0, 0.1) is 22.0 Å². The Bertz CT molecular complexity index is 1330. The summed E-state index contributed by atoms with van der Waals surface area (Å²) in [5, 5.41) is 17.9. The number of carbonyl (C=O) groups excluding carboxylic acids is 1. The van der Waals surface area contributed by atoms with Crippen molar-refractivity contribution in [3.63, 3.8) is 0 Å². The molecule has 198 valence electrons. The first-order valence-electron chi connectivity index (χ1n) is 12.5. The van der Waals surface area contributed by atoms with Crippen molar-refractivity contribution < 1.29 is 23.9 Å². The third-order valence-electron chi connectivity index (χ3n) is 6.47. The van der Waals surface area contributed by atoms with Crippen molar-refractivity contribution in [3.05, 3.63) is 69.9 Å². The first kappa shape index (κ1) is 25.6. The number of rotatable bonds is 4. The van der Waals surface area contributed by atoms with E-state index in [1.54, 1.807) is 18.2 Å². The van der Waals surface area contributed by atoms with Crippen molar-refractivity contribution in [2.75, 3.05) is 38.3 Å². The van der Waals surface area contributed by atoms with Crippen LogP contribution >= 0.6 is 0 Å². The van der Waals surface area contributed by atoms with Gasteiger partial charge in [-0.15, -0.1) is 0 Å². The molecule has 1 fully saturated rings. The Hall–Kier alpha value is -4.09. The highest BCUT2D eigenvalue weighted by atomic mass is 16.6. The zero-order valence-electron chi connectivity index (χ0n) is 21.0. The summed E-state index contributed by atoms with van der Waals surface area (Å²) in [5.41, 5.74) is 2.26. The maximum Gasteiger partial charge on any atom is 0.279 e. The van der Waals surface area contributed by atoms with Gasteiger partial charge in [-0.3, -0.25) is 14.9 Å². The van der Waals surface area contributed by atoms with Crippen LogP contribution in [0.25, 0.3) is 11.3 Å². The monoisotopic (exact) mass is 519 g/mol. The SMILES string of the molecule is CC1CCNC(=O)c2ccc(c([N+](=O)[O-])c2)-c2ccnc(n2)Nc2ccc(OCC3COC3)c(c2)COC1. The zero-order chi connectivity index (χ0) is 26.5. The molecule has 0 aliphatic carbocycles. The van der Waals surface area contributed by atoms with E-state index < -0.39 is 4.92 Å². The van der Waals surface area contributed by atoms with Crippen LogP contribution in [0.2, 0.25) is 0 Å². The molecule has 6 rings (SSSR count). The van der Waals surface area contributed by atoms with Gasteiger partial charge in [-0.25, -0.2) is 9.97 Å². The molecule has 6 bridgehead atoms. The van der Waals surface area contributed by atoms with Crippen molar-refractivity contribution in [2.45, 2.75) is 20.0 Å². The molecule has 38 heavy (non-hydrogen) atoms. The number of nitrogens with zero attached hydrogens (tertiary/aromatic N) is 3. The van der Waals surface area contributed by atoms with Gasteiger partial charge in [0.1, 0.15) is 5.75 Å². The lowest BCUT2D eigenvalue weighted by molar-refractivity contribution is -0.384. The third-order valence-corrected chi connectivity index (χ3v) is 6.47. The van der Waals surface area contributed by atoms with Gasteiger partial charge in [-0.05, 0) is 48.7 Å². The molecule has 1 saturated heterocycles. The van der Waals surface area contributed by atoms with Gasteiger partial charge < -0.3 is 24.8 Å². The molecule has 2 N–H and O–H groups in total. The largest absolute Gasteiger partial charge is 0.493 e. The summed E-state index contributed by atoms with van der Waals surface area (Å²) in [6, 6.07) is 11.7. The standard InChI is InChI=1S/C27H29N5O6/c1-17-6-8-28-26(33)19-2-4-22(24(11-19)32(34)35)23-7-9-29-27(31-23)30-21-3-5-25(20(10-21)16-36-12-17)38-15-18-13-37-14-18/h2-5,7,9-11,17-18H,6,8,12-16H2,1H3,(H,28,33)(H,29,30,31). The topological polar surface area (TPSA) is 138 Å². The normalized spacial score (nSPS) is 18.2. The van der Waals surface area contributed by atoms with E-state index in [-0.39, 0.29) is 29.0 Å². The summed E-state index contributed by atoms with van der Waals surface area (Å²) in [4.78, 5) is 32.8. The van der Waals surface area contributed by atoms with Crippen LogP contribution in [-0.4, -0.2) is 53.8 Å². The Labute approximate surface area is 219 Å². The molecule has 3 aliphatic heterocycles. The molecule has 0 radical (unpaired) electrons. The molecule has 3 aromatic rings. The number of hydrogen-bond acceptors (Lipinski definition) is 9. The van der Waals surface area contributed by atoms with Gasteiger partial charge in [0.05, 0.1) is 42.6 Å². The average Bonchev–Trinajstić information content (AvgIpc) is 2.88. The highest BCUT2D eigenvalue weighted by Gasteiger charge is 2.22. The first-order chi connectivity index (χ1) is 18.5. The zero-order valence-corrected chi connectivity index (χ0v) is 21.0. The lowest BCUT2D eigenvalue weighted by Crippen LogP contribution is -2.32. The molecule has 11 heteroatoms. The lowest BCUT2D eigenvalue weighted by atomic mass is 10.1. The van der Waals surface area contributed by atoms with Crippen molar-refractivity contribution in [3.8, 4) is 17.0 Å². The molecule has 1 atom stereocenters. The van der Waals surface area contributed by atoms with Gasteiger partial charge in [-0.2, -0.15) is 0 Å². The van der Waals surface area contributed by atoms with Crippen LogP contribution in [0.5, 0.6) is 5.75 Å². The smallest absolute Gasteiger partial charge is 0.279 e. The number of nitro benzene ring substituents is 1. The van der Waals surface area contributed by atoms with Gasteiger partial charge in [0.25, 0.3) is 11.6 Å². The van der Waals surface area contributed by atoms with Gasteiger partial charge >= 0.3 is 0 Å². The second-order valence-corrected chi connectivity index (χ2v) is 9.58. The molecule has 0 spiro atoms. The van der Waals surface area contributed by atoms with Crippen LogP contribution in [0.15, 0.2) is 48.7 Å². The van der Waals surface area contributed by atoms with E-state index in [1.165, 1.54) is 12.3 Å². The number of benzene rings is 2. The van der Waals surface area contributed by atoms with E-state index in [4.69, 9.17) is 14.2 Å². The van der Waals surface area contributed by atoms with Crippen LogP contribution in [-0.2, 0) is 16.1 Å². The summed E-state index contributed by atoms with van der Waals surface area (Å²) in [6.45, 7) is 5.28. The fraction of sp³-hybridized carbons (Fsp3) is 0.370. The number of fused-ring (bicyclic) bond motifs is 9. The van der Waals surface area contributed by atoms with Crippen molar-refractivity contribution in [2.24, 2.45) is 11.8 Å². The number of anilines is 2. The fourth-order valence-corrected chi connectivity index (χ4v) is 4.23. The maximum atomic E-state index is 12.7. The minimum Gasteiger partial charge on any atom is -0.493 e. The van der Waals surface area contributed by atoms with Crippen molar-refractivity contribution >= 4 is 23.2 Å². The highest BCUT2D eigenvalue weighted by molar-refractivity contribution is 5.96. The second-order valence-electron chi connectivity index (χ2n) is 9.58. The number of hydrogen-bond donors (Lipinski definition) is 2. The fourth-order valence-electron chi connectivity index (χ4n) is 4.23. The number of carbonyl (C=O) groups is 1. The molecule has 2 aromatic carbocycles. The Balaban J connectivity index is 1.48. The molecular weight excluding hydrogens is 490 g/mol. The Morgan fingerprint density at radius 3 is 2.79 bits per heavy atom. The van der Waals surface area contributed by atoms with Crippen LogP contribution < -0.4 is 15.4 Å². The maximum absolute atomic E-state index is 12.7. The van der Waals surface area contributed by atoms with E-state index in [9.17, 15) is 14.9 Å². The Morgan fingerprint density at radius 2 is 2.00 bits per heavy atom. The predicted octanol–water partition coefficient (Wildman–Crippen LogP) is 4.11. The van der Waals surface area contributed by atoms with Gasteiger partial charge in [0.2, 0.25) is 5.95 Å². The molecule has 0 saturated carbocycles. The summed E-state index contributed by atoms with van der Waals surface area (Å²) in [6.07, 6.45) is 2.22. The number of nitrogens with one attached hydrogen (secondary N) is 2. The first-order valence-corrected chi connectivity index (χ1v) is 12.5. The summed E-state index contributed by atoms with van der Waals surface area (Å²) >= 11 is 0. The lowest BCUT2D eigenvalue weighted by Gasteiger charge is -2.26. The van der Waals surface area contributed by atoms with Crippen LogP contribution in [0.1, 0.15) is 29.3 Å². The van der Waals surface area contributed by atoms with Gasteiger partial charge in [-0.1, -0.05) is 6.92 Å². The quantitative estimate of drug-likeness (QED) is 0.385. The third kappa shape index (κ3) is 6.06. The number of amides is 1. The molecule has 4 heterocycles. The second kappa shape index (κ2) is 11.5. The van der Waals surface area contributed by atoms with E-state index in [2.05, 4.69) is 20.6 Å². The van der Waals surface area contributed by atoms with E-state index in [0.29, 0.717) is 63.2 Å². The molecular formula is C27H29N5O6. The number of ether oxygens (including phenoxy) is 3. The Morgan fingerprint density at radius 1 is 1.13 bits per heavy atom. The van der Waals surface area contributed by atoms with Crippen LogP contribution in [0.3, 0.4) is 0 Å². The number of aromatic nitrogens is 2. The highest BCUT2D eigenvalue weighted by Crippen LogP contribution is 2.31. The minimum atomic E-state index is -0.510. The molecule has 1 aromatic heterocycles. The summed E-state index contributed by atoms with van der Waals surface area (Å²) in [7, 11) is 0. The molecule has 1 unspecified atom stereocenters. The van der Waals surface area contributed by atoms with Crippen molar-refractivity contribution in [1.82, 2.24) is 15.3 Å². The molecule has 3 aliphatic rings. The van der Waals surface area contributed by atoms with E-state index >= 15 is 0 Å². The van der Waals surface area contributed by atoms with Gasteiger partial charge in [0, 0.05) is 48.1 Å².